The van der Waals surface area contributed by atoms with Crippen molar-refractivity contribution in [3.63, 3.8) is 0 Å². The number of nitro benzene ring substituents is 1. The van der Waals surface area contributed by atoms with E-state index in [0.717, 1.165) is 53.3 Å². The number of nitrogens with zero attached hydrogens (tertiary/aromatic N) is 2. The number of nitro groups is 1. The van der Waals surface area contributed by atoms with Crippen LogP contribution < -0.4 is 10.2 Å². The lowest BCUT2D eigenvalue weighted by Crippen LogP contribution is -2.36. The summed E-state index contributed by atoms with van der Waals surface area (Å²) < 4.78 is 11.7. The fourth-order valence-corrected chi connectivity index (χ4v) is 3.47. The summed E-state index contributed by atoms with van der Waals surface area (Å²) >= 11 is 3.55. The van der Waals surface area contributed by atoms with Gasteiger partial charge in [0.1, 0.15) is 0 Å². The Kier molecular flexibility index (Phi) is 6.65. The summed E-state index contributed by atoms with van der Waals surface area (Å²) in [5.41, 5.74) is 3.97. The normalized spacial score (nSPS) is 14.2. The van der Waals surface area contributed by atoms with E-state index in [1.54, 1.807) is 19.2 Å². The van der Waals surface area contributed by atoms with Crippen molar-refractivity contribution >= 4 is 33.0 Å². The van der Waals surface area contributed by atoms with Crippen LogP contribution in [0.3, 0.4) is 0 Å². The van der Waals surface area contributed by atoms with Gasteiger partial charge in [-0.2, -0.15) is 0 Å². The van der Waals surface area contributed by atoms with Crippen LogP contribution in [0.1, 0.15) is 11.1 Å². The third-order valence-corrected chi connectivity index (χ3v) is 4.96. The predicted molar refractivity (Wildman–Crippen MR) is 108 cm³/mol. The molecule has 0 saturated carbocycles. The molecule has 0 atom stereocenters. The van der Waals surface area contributed by atoms with Crippen molar-refractivity contribution in [3.05, 3.63) is 62.1 Å². The summed E-state index contributed by atoms with van der Waals surface area (Å²) in [6.07, 6.45) is 0. The largest absolute Gasteiger partial charge is 0.381 e. The van der Waals surface area contributed by atoms with Gasteiger partial charge < -0.3 is 19.7 Å². The Morgan fingerprint density at radius 1 is 1.22 bits per heavy atom. The van der Waals surface area contributed by atoms with Crippen LogP contribution in [0.5, 0.6) is 0 Å². The maximum absolute atomic E-state index is 11.0. The van der Waals surface area contributed by atoms with Crippen LogP contribution in [0.2, 0.25) is 0 Å². The molecule has 1 heterocycles. The van der Waals surface area contributed by atoms with Gasteiger partial charge in [0.15, 0.2) is 0 Å². The van der Waals surface area contributed by atoms with Crippen LogP contribution in [0.15, 0.2) is 40.9 Å². The molecule has 0 amide bonds. The second-order valence-electron chi connectivity index (χ2n) is 6.26. The van der Waals surface area contributed by atoms with Crippen molar-refractivity contribution in [1.82, 2.24) is 0 Å². The van der Waals surface area contributed by atoms with Crippen LogP contribution in [0, 0.1) is 10.1 Å². The Balaban J connectivity index is 1.81. The summed E-state index contributed by atoms with van der Waals surface area (Å²) in [5, 5.41) is 14.4. The van der Waals surface area contributed by atoms with E-state index < -0.39 is 4.92 Å². The fraction of sp³-hybridized carbons (Fsp3) is 0.368. The van der Waals surface area contributed by atoms with Gasteiger partial charge in [-0.3, -0.25) is 10.1 Å². The summed E-state index contributed by atoms with van der Waals surface area (Å²) in [7, 11) is 1.58. The molecule has 1 saturated heterocycles. The molecule has 0 radical (unpaired) electrons. The SMILES string of the molecule is COCc1cc([N+](=O)[O-])ccc1NCc1ccc(Br)cc1N1CCOCC1. The molecule has 27 heavy (non-hydrogen) atoms. The van der Waals surface area contributed by atoms with Crippen LogP contribution >= 0.6 is 15.9 Å². The van der Waals surface area contributed by atoms with Gasteiger partial charge in [-0.05, 0) is 23.8 Å². The smallest absolute Gasteiger partial charge is 0.269 e. The van der Waals surface area contributed by atoms with Crippen molar-refractivity contribution in [2.24, 2.45) is 0 Å². The van der Waals surface area contributed by atoms with E-state index in [1.165, 1.54) is 6.07 Å². The Morgan fingerprint density at radius 2 is 2.00 bits per heavy atom. The van der Waals surface area contributed by atoms with Gasteiger partial charge in [0.2, 0.25) is 0 Å². The molecule has 1 fully saturated rings. The number of hydrogen-bond acceptors (Lipinski definition) is 6. The van der Waals surface area contributed by atoms with E-state index in [0.29, 0.717) is 13.2 Å². The molecule has 144 valence electrons. The van der Waals surface area contributed by atoms with Crippen molar-refractivity contribution < 1.29 is 14.4 Å². The summed E-state index contributed by atoms with van der Waals surface area (Å²) in [6, 6.07) is 11.0. The lowest BCUT2D eigenvalue weighted by Gasteiger charge is -2.31. The molecule has 0 bridgehead atoms. The van der Waals surface area contributed by atoms with Gasteiger partial charge in [-0.15, -0.1) is 0 Å². The number of hydrogen-bond donors (Lipinski definition) is 1. The minimum Gasteiger partial charge on any atom is -0.381 e. The minimum absolute atomic E-state index is 0.0604. The number of anilines is 2. The molecule has 8 heteroatoms. The molecule has 2 aromatic rings. The molecule has 1 aliphatic rings. The van der Waals surface area contributed by atoms with Crippen molar-refractivity contribution in [1.29, 1.82) is 0 Å². The average Bonchev–Trinajstić information content (AvgIpc) is 2.68. The van der Waals surface area contributed by atoms with E-state index in [9.17, 15) is 10.1 Å². The number of benzene rings is 2. The highest BCUT2D eigenvalue weighted by Gasteiger charge is 2.16. The standard InChI is InChI=1S/C19H22BrN3O4/c1-26-13-15-10-17(23(24)25)4-5-18(15)21-12-14-2-3-16(20)11-19(14)22-6-8-27-9-7-22/h2-5,10-11,21H,6-9,12-13H2,1H3. The topological polar surface area (TPSA) is 76.9 Å². The van der Waals surface area contributed by atoms with Gasteiger partial charge in [-0.25, -0.2) is 0 Å². The summed E-state index contributed by atoms with van der Waals surface area (Å²) in [6.45, 7) is 4.07. The number of rotatable bonds is 7. The average molecular weight is 436 g/mol. The molecule has 7 nitrogen and oxygen atoms in total. The van der Waals surface area contributed by atoms with Crippen molar-refractivity contribution in [3.8, 4) is 0 Å². The van der Waals surface area contributed by atoms with Gasteiger partial charge in [0.25, 0.3) is 5.69 Å². The Labute approximate surface area is 166 Å². The van der Waals surface area contributed by atoms with Crippen LogP contribution in [0.4, 0.5) is 17.1 Å². The zero-order valence-electron chi connectivity index (χ0n) is 15.1. The molecule has 0 unspecified atom stereocenters. The molecule has 0 aromatic heterocycles. The monoisotopic (exact) mass is 435 g/mol. The number of methoxy groups -OCH3 is 1. The minimum atomic E-state index is -0.395. The Bertz CT molecular complexity index is 810. The zero-order chi connectivity index (χ0) is 19.2. The first kappa shape index (κ1) is 19.6. The molecule has 1 aliphatic heterocycles. The molecule has 0 spiro atoms. The second kappa shape index (κ2) is 9.16. The molecular formula is C19H22BrN3O4. The lowest BCUT2D eigenvalue weighted by atomic mass is 10.1. The van der Waals surface area contributed by atoms with Crippen LogP contribution in [0.25, 0.3) is 0 Å². The highest BCUT2D eigenvalue weighted by atomic mass is 79.9. The van der Waals surface area contributed by atoms with Gasteiger partial charge >= 0.3 is 0 Å². The molecular weight excluding hydrogens is 414 g/mol. The quantitative estimate of drug-likeness (QED) is 0.523. The third-order valence-electron chi connectivity index (χ3n) is 4.47. The van der Waals surface area contributed by atoms with E-state index in [2.05, 4.69) is 38.3 Å². The van der Waals surface area contributed by atoms with E-state index in [1.807, 2.05) is 6.07 Å². The first-order valence-electron chi connectivity index (χ1n) is 8.69. The first-order valence-corrected chi connectivity index (χ1v) is 9.49. The van der Waals surface area contributed by atoms with Crippen molar-refractivity contribution in [2.45, 2.75) is 13.2 Å². The number of nitrogens with one attached hydrogen (secondary N) is 1. The highest BCUT2D eigenvalue weighted by Crippen LogP contribution is 2.28. The number of halogens is 1. The number of morpholine rings is 1. The lowest BCUT2D eigenvalue weighted by molar-refractivity contribution is -0.384. The maximum atomic E-state index is 11.0. The summed E-state index contributed by atoms with van der Waals surface area (Å²) in [5.74, 6) is 0. The van der Waals surface area contributed by atoms with Gasteiger partial charge in [0, 0.05) is 60.3 Å². The summed E-state index contributed by atoms with van der Waals surface area (Å²) in [4.78, 5) is 12.9. The second-order valence-corrected chi connectivity index (χ2v) is 7.17. The third kappa shape index (κ3) is 4.97. The molecule has 1 N–H and O–H groups in total. The van der Waals surface area contributed by atoms with E-state index in [-0.39, 0.29) is 5.69 Å². The van der Waals surface area contributed by atoms with Crippen LogP contribution in [-0.4, -0.2) is 38.3 Å². The first-order chi connectivity index (χ1) is 13.1. The van der Waals surface area contributed by atoms with E-state index >= 15 is 0 Å². The van der Waals surface area contributed by atoms with E-state index in [4.69, 9.17) is 9.47 Å². The van der Waals surface area contributed by atoms with Crippen molar-refractivity contribution in [2.75, 3.05) is 43.6 Å². The van der Waals surface area contributed by atoms with Crippen LogP contribution in [-0.2, 0) is 22.6 Å². The highest BCUT2D eigenvalue weighted by molar-refractivity contribution is 9.10. The molecule has 3 rings (SSSR count). The van der Waals surface area contributed by atoms with Gasteiger partial charge in [0.05, 0.1) is 24.7 Å². The maximum Gasteiger partial charge on any atom is 0.269 e. The Hall–Kier alpha value is -2.16. The predicted octanol–water partition coefficient (Wildman–Crippen LogP) is 3.95. The molecule has 0 aliphatic carbocycles. The van der Waals surface area contributed by atoms with Gasteiger partial charge in [-0.1, -0.05) is 22.0 Å². The molecule has 2 aromatic carbocycles. The Morgan fingerprint density at radius 3 is 2.70 bits per heavy atom. The zero-order valence-corrected chi connectivity index (χ0v) is 16.7. The number of ether oxygens (including phenoxy) is 2. The number of non-ortho nitro benzene ring substituents is 1. The fourth-order valence-electron chi connectivity index (χ4n) is 3.12.